The Kier molecular flexibility index (Phi) is 6.39. The van der Waals surface area contributed by atoms with Gasteiger partial charge in [0, 0.05) is 13.5 Å². The molecule has 2 rings (SSSR count). The smallest absolute Gasteiger partial charge is 0.338 e. The van der Waals surface area contributed by atoms with E-state index in [0.717, 1.165) is 11.1 Å². The molecule has 1 amide bonds. The van der Waals surface area contributed by atoms with Gasteiger partial charge in [0.05, 0.1) is 19.8 Å². The van der Waals surface area contributed by atoms with Gasteiger partial charge in [-0.3, -0.25) is 4.79 Å². The van der Waals surface area contributed by atoms with E-state index in [-0.39, 0.29) is 12.5 Å². The van der Waals surface area contributed by atoms with Gasteiger partial charge in [-0.25, -0.2) is 4.79 Å². The van der Waals surface area contributed by atoms with Crippen molar-refractivity contribution in [3.05, 3.63) is 59.2 Å². The summed E-state index contributed by atoms with van der Waals surface area (Å²) in [5.74, 6) is 0.685. The lowest BCUT2D eigenvalue weighted by molar-refractivity contribution is -0.119. The number of carbonyl (C=O) groups excluding carboxylic acids is 2. The van der Waals surface area contributed by atoms with Gasteiger partial charge in [0.15, 0.2) is 11.5 Å². The predicted octanol–water partition coefficient (Wildman–Crippen LogP) is 2.70. The topological polar surface area (TPSA) is 73.9 Å². The Morgan fingerprint density at radius 1 is 0.920 bits per heavy atom. The van der Waals surface area contributed by atoms with Crippen LogP contribution in [0.2, 0.25) is 0 Å². The molecule has 2 aromatic carbocycles. The zero-order valence-corrected chi connectivity index (χ0v) is 14.5. The lowest BCUT2D eigenvalue weighted by Crippen LogP contribution is -2.18. The third-order valence-corrected chi connectivity index (χ3v) is 3.55. The van der Waals surface area contributed by atoms with Crippen molar-refractivity contribution >= 4 is 11.9 Å². The van der Waals surface area contributed by atoms with Gasteiger partial charge >= 0.3 is 5.97 Å². The molecule has 0 radical (unpaired) electrons. The Hall–Kier alpha value is -3.02. The van der Waals surface area contributed by atoms with E-state index in [9.17, 15) is 9.59 Å². The standard InChI is InChI=1S/C19H21NO5/c1-13(21)20-11-14-4-7-16(8-5-14)19(22)25-12-15-6-9-17(23-2)18(10-15)24-3/h4-10H,11-12H2,1-3H3,(H,20,21). The van der Waals surface area contributed by atoms with Crippen LogP contribution >= 0.6 is 0 Å². The maximum Gasteiger partial charge on any atom is 0.338 e. The molecule has 0 bridgehead atoms. The molecule has 6 nitrogen and oxygen atoms in total. The molecule has 0 aromatic heterocycles. The van der Waals surface area contributed by atoms with Crippen molar-refractivity contribution in [2.75, 3.05) is 14.2 Å². The first-order valence-electron chi connectivity index (χ1n) is 7.75. The van der Waals surface area contributed by atoms with Crippen LogP contribution in [0.25, 0.3) is 0 Å². The van der Waals surface area contributed by atoms with Crippen LogP contribution in [0, 0.1) is 0 Å². The molecule has 0 unspecified atom stereocenters. The second-order valence-electron chi connectivity index (χ2n) is 5.37. The first-order chi connectivity index (χ1) is 12.0. The van der Waals surface area contributed by atoms with Crippen LogP contribution in [0.4, 0.5) is 0 Å². The van der Waals surface area contributed by atoms with E-state index in [1.54, 1.807) is 50.6 Å². The second kappa shape index (κ2) is 8.73. The van der Waals surface area contributed by atoms with E-state index < -0.39 is 5.97 Å². The molecule has 0 fully saturated rings. The number of esters is 1. The van der Waals surface area contributed by atoms with Crippen molar-refractivity contribution in [2.45, 2.75) is 20.1 Å². The monoisotopic (exact) mass is 343 g/mol. The van der Waals surface area contributed by atoms with E-state index in [1.165, 1.54) is 6.92 Å². The maximum atomic E-state index is 12.1. The summed E-state index contributed by atoms with van der Waals surface area (Å²) in [6, 6.07) is 12.3. The Labute approximate surface area is 146 Å². The van der Waals surface area contributed by atoms with Gasteiger partial charge in [-0.15, -0.1) is 0 Å². The zero-order valence-electron chi connectivity index (χ0n) is 14.5. The number of amides is 1. The molecule has 0 aliphatic carbocycles. The summed E-state index contributed by atoms with van der Waals surface area (Å²) < 4.78 is 15.7. The molecular weight excluding hydrogens is 322 g/mol. The number of hydrogen-bond acceptors (Lipinski definition) is 5. The number of nitrogens with one attached hydrogen (secondary N) is 1. The van der Waals surface area contributed by atoms with E-state index in [0.29, 0.717) is 23.6 Å². The first-order valence-corrected chi connectivity index (χ1v) is 7.75. The van der Waals surface area contributed by atoms with Crippen molar-refractivity contribution in [3.63, 3.8) is 0 Å². The molecule has 0 spiro atoms. The van der Waals surface area contributed by atoms with Gasteiger partial charge in [-0.2, -0.15) is 0 Å². The molecule has 0 saturated carbocycles. The summed E-state index contributed by atoms with van der Waals surface area (Å²) >= 11 is 0. The highest BCUT2D eigenvalue weighted by molar-refractivity contribution is 5.89. The van der Waals surface area contributed by atoms with Gasteiger partial charge in [0.2, 0.25) is 5.91 Å². The highest BCUT2D eigenvalue weighted by atomic mass is 16.5. The molecule has 1 N–H and O–H groups in total. The van der Waals surface area contributed by atoms with Crippen LogP contribution in [0.15, 0.2) is 42.5 Å². The minimum absolute atomic E-state index is 0.0987. The molecule has 0 atom stereocenters. The second-order valence-corrected chi connectivity index (χ2v) is 5.37. The summed E-state index contributed by atoms with van der Waals surface area (Å²) in [7, 11) is 3.11. The van der Waals surface area contributed by atoms with Crippen LogP contribution in [0.3, 0.4) is 0 Å². The highest BCUT2D eigenvalue weighted by Crippen LogP contribution is 2.27. The predicted molar refractivity (Wildman–Crippen MR) is 92.6 cm³/mol. The fraction of sp³-hybridized carbons (Fsp3) is 0.263. The van der Waals surface area contributed by atoms with Crippen LogP contribution in [-0.2, 0) is 22.7 Å². The van der Waals surface area contributed by atoms with Crippen LogP contribution in [0.5, 0.6) is 11.5 Å². The summed E-state index contributed by atoms with van der Waals surface area (Å²) in [5.41, 5.74) is 2.16. The summed E-state index contributed by atoms with van der Waals surface area (Å²) in [4.78, 5) is 23.0. The molecule has 6 heteroatoms. The number of carbonyl (C=O) groups is 2. The Morgan fingerprint density at radius 3 is 2.16 bits per heavy atom. The van der Waals surface area contributed by atoms with Gasteiger partial charge in [-0.1, -0.05) is 18.2 Å². The van der Waals surface area contributed by atoms with Gasteiger partial charge in [0.25, 0.3) is 0 Å². The quantitative estimate of drug-likeness (QED) is 0.783. The molecule has 25 heavy (non-hydrogen) atoms. The largest absolute Gasteiger partial charge is 0.493 e. The Balaban J connectivity index is 1.94. The third-order valence-electron chi connectivity index (χ3n) is 3.55. The fourth-order valence-electron chi connectivity index (χ4n) is 2.19. The van der Waals surface area contributed by atoms with Crippen LogP contribution in [-0.4, -0.2) is 26.1 Å². The lowest BCUT2D eigenvalue weighted by atomic mass is 10.1. The molecule has 0 aliphatic heterocycles. The number of methoxy groups -OCH3 is 2. The maximum absolute atomic E-state index is 12.1. The fourth-order valence-corrected chi connectivity index (χ4v) is 2.19. The number of hydrogen-bond donors (Lipinski definition) is 1. The first kappa shape index (κ1) is 18.3. The Morgan fingerprint density at radius 2 is 1.56 bits per heavy atom. The number of rotatable bonds is 7. The molecule has 0 heterocycles. The van der Waals surface area contributed by atoms with Crippen molar-refractivity contribution in [1.29, 1.82) is 0 Å². The molecule has 2 aromatic rings. The van der Waals surface area contributed by atoms with E-state index in [4.69, 9.17) is 14.2 Å². The minimum Gasteiger partial charge on any atom is -0.493 e. The van der Waals surface area contributed by atoms with Crippen molar-refractivity contribution < 1.29 is 23.8 Å². The van der Waals surface area contributed by atoms with Gasteiger partial charge < -0.3 is 19.5 Å². The Bertz CT molecular complexity index is 740. The third kappa shape index (κ3) is 5.24. The van der Waals surface area contributed by atoms with Crippen molar-refractivity contribution in [3.8, 4) is 11.5 Å². The molecule has 0 saturated heterocycles. The zero-order chi connectivity index (χ0) is 18.2. The van der Waals surface area contributed by atoms with Crippen LogP contribution in [0.1, 0.15) is 28.4 Å². The van der Waals surface area contributed by atoms with Crippen LogP contribution < -0.4 is 14.8 Å². The molecule has 0 aliphatic rings. The average Bonchev–Trinajstić information content (AvgIpc) is 2.64. The molecular formula is C19H21NO5. The number of benzene rings is 2. The van der Waals surface area contributed by atoms with Gasteiger partial charge in [-0.05, 0) is 35.4 Å². The van der Waals surface area contributed by atoms with E-state index in [1.807, 2.05) is 6.07 Å². The van der Waals surface area contributed by atoms with Gasteiger partial charge in [0.1, 0.15) is 6.61 Å². The van der Waals surface area contributed by atoms with E-state index >= 15 is 0 Å². The summed E-state index contributed by atoms with van der Waals surface area (Å²) in [6.45, 7) is 2.02. The normalized spacial score (nSPS) is 10.0. The minimum atomic E-state index is -0.416. The average molecular weight is 343 g/mol. The summed E-state index contributed by atoms with van der Waals surface area (Å²) in [5, 5.41) is 2.70. The summed E-state index contributed by atoms with van der Waals surface area (Å²) in [6.07, 6.45) is 0. The SMILES string of the molecule is COc1ccc(COC(=O)c2ccc(CNC(C)=O)cc2)cc1OC. The number of ether oxygens (including phenoxy) is 3. The van der Waals surface area contributed by atoms with Crippen molar-refractivity contribution in [2.24, 2.45) is 0 Å². The lowest BCUT2D eigenvalue weighted by Gasteiger charge is -2.10. The van der Waals surface area contributed by atoms with E-state index in [2.05, 4.69) is 5.32 Å². The molecule has 132 valence electrons. The highest BCUT2D eigenvalue weighted by Gasteiger charge is 2.09. The van der Waals surface area contributed by atoms with Crippen molar-refractivity contribution in [1.82, 2.24) is 5.32 Å².